The van der Waals surface area contributed by atoms with Gasteiger partial charge in [0.2, 0.25) is 0 Å². The molecule has 3 heterocycles. The Labute approximate surface area is 128 Å². The fraction of sp³-hybridized carbons (Fsp3) is 0.267. The molecule has 0 unspecified atom stereocenters. The normalized spacial score (nSPS) is 11.8. The number of aliphatic imine (C=N–C) groups is 1. The molecule has 3 aromatic heterocycles. The Bertz CT molecular complexity index is 784. The topological polar surface area (TPSA) is 71.5 Å². The lowest BCUT2D eigenvalue weighted by atomic mass is 10.3. The molecule has 0 saturated carbocycles. The second kappa shape index (κ2) is 6.30. The summed E-state index contributed by atoms with van der Waals surface area (Å²) in [6.07, 6.45) is 6.05. The van der Waals surface area contributed by atoms with Crippen LogP contribution in [0.1, 0.15) is 11.4 Å². The number of guanidine groups is 1. The third-order valence-corrected chi connectivity index (χ3v) is 3.38. The van der Waals surface area contributed by atoms with E-state index in [1.165, 1.54) is 5.56 Å². The fourth-order valence-corrected chi connectivity index (χ4v) is 2.25. The van der Waals surface area contributed by atoms with Crippen LogP contribution in [0.4, 0.5) is 0 Å². The van der Waals surface area contributed by atoms with Crippen molar-refractivity contribution in [2.24, 2.45) is 12.0 Å². The van der Waals surface area contributed by atoms with Crippen LogP contribution < -0.4 is 10.6 Å². The number of hydrogen-bond acceptors (Lipinski definition) is 3. The summed E-state index contributed by atoms with van der Waals surface area (Å²) in [6, 6.07) is 7.91. The minimum Gasteiger partial charge on any atom is -0.357 e. The van der Waals surface area contributed by atoms with Gasteiger partial charge in [0, 0.05) is 39.2 Å². The zero-order chi connectivity index (χ0) is 15.4. The van der Waals surface area contributed by atoms with Gasteiger partial charge in [-0.25, -0.2) is 0 Å². The molecule has 22 heavy (non-hydrogen) atoms. The highest BCUT2D eigenvalue weighted by Gasteiger charge is 2.05. The molecule has 0 spiro atoms. The molecule has 7 heteroatoms. The first-order valence-corrected chi connectivity index (χ1v) is 7.10. The summed E-state index contributed by atoms with van der Waals surface area (Å²) in [5.41, 5.74) is 2.05. The van der Waals surface area contributed by atoms with Gasteiger partial charge in [0.1, 0.15) is 0 Å². The molecule has 0 radical (unpaired) electrons. The van der Waals surface area contributed by atoms with Crippen molar-refractivity contribution >= 4 is 11.6 Å². The Morgan fingerprint density at radius 3 is 2.77 bits per heavy atom. The van der Waals surface area contributed by atoms with Gasteiger partial charge in [-0.15, -0.1) is 10.2 Å². The molecule has 0 aliphatic rings. The third kappa shape index (κ3) is 3.08. The smallest absolute Gasteiger partial charge is 0.191 e. The Hall–Kier alpha value is -2.83. The van der Waals surface area contributed by atoms with Crippen molar-refractivity contribution in [3.63, 3.8) is 0 Å². The molecule has 3 aromatic rings. The van der Waals surface area contributed by atoms with E-state index in [2.05, 4.69) is 38.1 Å². The fourth-order valence-electron chi connectivity index (χ4n) is 2.25. The molecule has 0 fully saturated rings. The summed E-state index contributed by atoms with van der Waals surface area (Å²) in [6.45, 7) is 1.28. The molecule has 0 aliphatic carbocycles. The maximum absolute atomic E-state index is 4.22. The maximum atomic E-state index is 4.22. The average Bonchev–Trinajstić information content (AvgIpc) is 3.14. The molecule has 3 rings (SSSR count). The molecular formula is C15H19N7. The summed E-state index contributed by atoms with van der Waals surface area (Å²) in [4.78, 5) is 4.22. The number of aromatic nitrogens is 4. The molecule has 114 valence electrons. The van der Waals surface area contributed by atoms with Crippen molar-refractivity contribution in [2.45, 2.75) is 13.1 Å². The van der Waals surface area contributed by atoms with E-state index in [0.717, 1.165) is 24.0 Å². The quantitative estimate of drug-likeness (QED) is 0.555. The van der Waals surface area contributed by atoms with Crippen molar-refractivity contribution in [1.29, 1.82) is 0 Å². The van der Waals surface area contributed by atoms with E-state index in [0.29, 0.717) is 6.54 Å². The summed E-state index contributed by atoms with van der Waals surface area (Å²) < 4.78 is 3.98. The minimum absolute atomic E-state index is 0.555. The first-order valence-electron chi connectivity index (χ1n) is 7.10. The van der Waals surface area contributed by atoms with Crippen molar-refractivity contribution in [2.75, 3.05) is 7.05 Å². The number of rotatable bonds is 4. The monoisotopic (exact) mass is 297 g/mol. The van der Waals surface area contributed by atoms with Crippen molar-refractivity contribution in [3.8, 4) is 0 Å². The van der Waals surface area contributed by atoms with Gasteiger partial charge in [0.25, 0.3) is 0 Å². The standard InChI is InChI=1S/C15H19N7/c1-16-15(17-9-12-6-8-21(2)11-12)18-10-14-20-19-13-5-3-4-7-22(13)14/h3-8,11H,9-10H2,1-2H3,(H2,16,17,18). The van der Waals surface area contributed by atoms with Crippen LogP contribution >= 0.6 is 0 Å². The second-order valence-corrected chi connectivity index (χ2v) is 5.01. The van der Waals surface area contributed by atoms with Crippen LogP contribution in [0.15, 0.2) is 47.8 Å². The number of nitrogens with one attached hydrogen (secondary N) is 2. The minimum atomic E-state index is 0.555. The average molecular weight is 297 g/mol. The Kier molecular flexibility index (Phi) is 4.04. The summed E-state index contributed by atoms with van der Waals surface area (Å²) in [5, 5.41) is 14.8. The van der Waals surface area contributed by atoms with Gasteiger partial charge in [-0.2, -0.15) is 0 Å². The summed E-state index contributed by atoms with van der Waals surface area (Å²) in [7, 11) is 3.76. The highest BCUT2D eigenvalue weighted by atomic mass is 15.3. The SMILES string of the molecule is CN=C(NCc1ccn(C)c1)NCc1nnc2ccccn12. The van der Waals surface area contributed by atoms with Crippen LogP contribution in [0.3, 0.4) is 0 Å². The lowest BCUT2D eigenvalue weighted by Gasteiger charge is -2.10. The van der Waals surface area contributed by atoms with Gasteiger partial charge < -0.3 is 15.2 Å². The van der Waals surface area contributed by atoms with E-state index in [1.807, 2.05) is 46.6 Å². The number of hydrogen-bond donors (Lipinski definition) is 2. The molecule has 0 amide bonds. The van der Waals surface area contributed by atoms with E-state index < -0.39 is 0 Å². The first kappa shape index (κ1) is 14.1. The summed E-state index contributed by atoms with van der Waals surface area (Å²) >= 11 is 0. The Morgan fingerprint density at radius 1 is 1.14 bits per heavy atom. The third-order valence-electron chi connectivity index (χ3n) is 3.38. The number of pyridine rings is 1. The Balaban J connectivity index is 1.59. The molecule has 7 nitrogen and oxygen atoms in total. The van der Waals surface area contributed by atoms with E-state index in [-0.39, 0.29) is 0 Å². The van der Waals surface area contributed by atoms with Crippen LogP contribution in [0.5, 0.6) is 0 Å². The molecule has 0 aliphatic heterocycles. The van der Waals surface area contributed by atoms with Crippen molar-refractivity contribution < 1.29 is 0 Å². The van der Waals surface area contributed by atoms with Crippen LogP contribution in [-0.4, -0.2) is 32.2 Å². The number of fused-ring (bicyclic) bond motifs is 1. The predicted molar refractivity (Wildman–Crippen MR) is 85.4 cm³/mol. The largest absolute Gasteiger partial charge is 0.357 e. The van der Waals surface area contributed by atoms with Gasteiger partial charge in [-0.3, -0.25) is 9.39 Å². The van der Waals surface area contributed by atoms with E-state index in [9.17, 15) is 0 Å². The van der Waals surface area contributed by atoms with Crippen LogP contribution in [0, 0.1) is 0 Å². The van der Waals surface area contributed by atoms with Gasteiger partial charge in [-0.1, -0.05) is 6.07 Å². The first-order chi connectivity index (χ1) is 10.8. The maximum Gasteiger partial charge on any atom is 0.191 e. The van der Waals surface area contributed by atoms with E-state index in [1.54, 1.807) is 7.05 Å². The molecule has 0 bridgehead atoms. The molecule has 0 atom stereocenters. The van der Waals surface area contributed by atoms with E-state index in [4.69, 9.17) is 0 Å². The van der Waals surface area contributed by atoms with Crippen molar-refractivity contribution in [3.05, 3.63) is 54.2 Å². The van der Waals surface area contributed by atoms with Gasteiger partial charge in [-0.05, 0) is 23.8 Å². The highest BCUT2D eigenvalue weighted by molar-refractivity contribution is 5.79. The van der Waals surface area contributed by atoms with Gasteiger partial charge in [0.05, 0.1) is 6.54 Å². The lowest BCUT2D eigenvalue weighted by molar-refractivity contribution is 0.762. The molecule has 0 saturated heterocycles. The zero-order valence-electron chi connectivity index (χ0n) is 12.7. The van der Waals surface area contributed by atoms with Crippen LogP contribution in [-0.2, 0) is 20.1 Å². The van der Waals surface area contributed by atoms with Crippen molar-refractivity contribution in [1.82, 2.24) is 29.8 Å². The molecule has 2 N–H and O–H groups in total. The van der Waals surface area contributed by atoms with Crippen LogP contribution in [0.25, 0.3) is 5.65 Å². The summed E-state index contributed by atoms with van der Waals surface area (Å²) in [5.74, 6) is 1.58. The van der Waals surface area contributed by atoms with Gasteiger partial charge >= 0.3 is 0 Å². The Morgan fingerprint density at radius 2 is 2.00 bits per heavy atom. The van der Waals surface area contributed by atoms with E-state index >= 15 is 0 Å². The zero-order valence-corrected chi connectivity index (χ0v) is 12.7. The number of nitrogens with zero attached hydrogens (tertiary/aromatic N) is 5. The molecular weight excluding hydrogens is 278 g/mol. The van der Waals surface area contributed by atoms with Crippen LogP contribution in [0.2, 0.25) is 0 Å². The predicted octanol–water partition coefficient (Wildman–Crippen LogP) is 0.933. The highest BCUT2D eigenvalue weighted by Crippen LogP contribution is 2.02. The molecule has 0 aromatic carbocycles. The number of aryl methyl sites for hydroxylation is 1. The van der Waals surface area contributed by atoms with Gasteiger partial charge in [0.15, 0.2) is 17.4 Å². The second-order valence-electron chi connectivity index (χ2n) is 5.01. The lowest BCUT2D eigenvalue weighted by Crippen LogP contribution is -2.36.